The van der Waals surface area contributed by atoms with E-state index in [2.05, 4.69) is 5.43 Å². The molecule has 2 amide bonds. The Labute approximate surface area is 182 Å². The van der Waals surface area contributed by atoms with Crippen molar-refractivity contribution >= 4 is 52.2 Å². The summed E-state index contributed by atoms with van der Waals surface area (Å²) in [5.41, 5.74) is 3.88. The average molecular weight is 443 g/mol. The average Bonchev–Trinajstić information content (AvgIpc) is 2.97. The van der Waals surface area contributed by atoms with Crippen LogP contribution in [0.3, 0.4) is 0 Å². The Morgan fingerprint density at radius 3 is 2.57 bits per heavy atom. The number of aliphatic carboxylic acids is 1. The van der Waals surface area contributed by atoms with Crippen LogP contribution in [0.4, 0.5) is 0 Å². The summed E-state index contributed by atoms with van der Waals surface area (Å²) in [5.74, 6) is -1.60. The van der Waals surface area contributed by atoms with E-state index in [1.807, 2.05) is 30.3 Å². The molecule has 0 aromatic heterocycles. The second-order valence-corrected chi connectivity index (χ2v) is 8.03. The van der Waals surface area contributed by atoms with Crippen molar-refractivity contribution in [3.05, 3.63) is 70.6 Å². The molecule has 9 heteroatoms. The maximum atomic E-state index is 12.7. The number of thioether (sulfide) groups is 1. The fourth-order valence-electron chi connectivity index (χ4n) is 2.60. The van der Waals surface area contributed by atoms with Crippen LogP contribution in [0.25, 0.3) is 6.08 Å². The number of benzene rings is 2. The molecule has 2 aromatic carbocycles. The van der Waals surface area contributed by atoms with Crippen molar-refractivity contribution in [2.45, 2.75) is 19.4 Å². The van der Waals surface area contributed by atoms with E-state index in [-0.39, 0.29) is 16.6 Å². The second kappa shape index (κ2) is 9.55. The van der Waals surface area contributed by atoms with E-state index in [4.69, 9.17) is 22.1 Å². The van der Waals surface area contributed by atoms with Crippen molar-refractivity contribution in [2.75, 3.05) is 0 Å². The summed E-state index contributed by atoms with van der Waals surface area (Å²) in [7, 11) is 0. The number of rotatable bonds is 7. The summed E-state index contributed by atoms with van der Waals surface area (Å²) in [4.78, 5) is 36.4. The van der Waals surface area contributed by atoms with Crippen LogP contribution >= 0.6 is 24.0 Å². The SMILES string of the molecule is CC(Oc1ccccc1/C=C1/SC(=S)N(NC(=O)Cc2ccccc2)C1=O)C(=O)O. The molecule has 30 heavy (non-hydrogen) atoms. The van der Waals surface area contributed by atoms with E-state index in [0.717, 1.165) is 22.3 Å². The highest BCUT2D eigenvalue weighted by atomic mass is 32.2. The van der Waals surface area contributed by atoms with Gasteiger partial charge in [-0.2, -0.15) is 5.01 Å². The molecule has 0 spiro atoms. The second-order valence-electron chi connectivity index (χ2n) is 6.35. The summed E-state index contributed by atoms with van der Waals surface area (Å²) < 4.78 is 5.66. The Morgan fingerprint density at radius 1 is 1.20 bits per heavy atom. The number of hydrogen-bond acceptors (Lipinski definition) is 6. The van der Waals surface area contributed by atoms with Crippen molar-refractivity contribution in [3.63, 3.8) is 0 Å². The molecule has 2 aromatic rings. The van der Waals surface area contributed by atoms with Gasteiger partial charge in [0.15, 0.2) is 10.4 Å². The summed E-state index contributed by atoms with van der Waals surface area (Å²) in [6.45, 7) is 1.42. The van der Waals surface area contributed by atoms with Crippen molar-refractivity contribution in [3.8, 4) is 5.75 Å². The van der Waals surface area contributed by atoms with E-state index in [9.17, 15) is 14.4 Å². The standard InChI is InChI=1S/C21H18N2O5S2/c1-13(20(26)27)28-16-10-6-5-9-15(16)12-17-19(25)23(21(29)30-17)22-18(24)11-14-7-3-2-4-8-14/h2-10,12-13H,11H2,1H3,(H,22,24)(H,26,27)/b17-12+. The lowest BCUT2D eigenvalue weighted by Crippen LogP contribution is -2.45. The maximum Gasteiger partial charge on any atom is 0.344 e. The van der Waals surface area contributed by atoms with Gasteiger partial charge in [-0.15, -0.1) is 0 Å². The minimum Gasteiger partial charge on any atom is -0.479 e. The number of ether oxygens (including phenoxy) is 1. The number of carboxylic acid groups (broad SMARTS) is 1. The number of carbonyl (C=O) groups is 3. The van der Waals surface area contributed by atoms with E-state index >= 15 is 0 Å². The van der Waals surface area contributed by atoms with Gasteiger partial charge >= 0.3 is 5.97 Å². The van der Waals surface area contributed by atoms with E-state index in [1.54, 1.807) is 30.3 Å². The Hall–Kier alpha value is -3.17. The Balaban J connectivity index is 1.74. The minimum atomic E-state index is -1.10. The zero-order chi connectivity index (χ0) is 21.7. The normalized spacial score (nSPS) is 15.9. The largest absolute Gasteiger partial charge is 0.479 e. The number of thiocarbonyl (C=S) groups is 1. The van der Waals surface area contributed by atoms with E-state index in [1.165, 1.54) is 6.92 Å². The van der Waals surface area contributed by atoms with Gasteiger partial charge < -0.3 is 9.84 Å². The first kappa shape index (κ1) is 21.5. The number of carboxylic acids is 1. The molecule has 1 aliphatic heterocycles. The lowest BCUT2D eigenvalue weighted by atomic mass is 10.1. The molecule has 7 nitrogen and oxygen atoms in total. The fourth-order valence-corrected chi connectivity index (χ4v) is 3.77. The highest BCUT2D eigenvalue weighted by molar-refractivity contribution is 8.26. The van der Waals surface area contributed by atoms with Crippen LogP contribution < -0.4 is 10.2 Å². The van der Waals surface area contributed by atoms with Crippen LogP contribution in [0.1, 0.15) is 18.1 Å². The molecule has 2 N–H and O–H groups in total. The molecule has 3 rings (SSSR count). The van der Waals surface area contributed by atoms with Crippen molar-refractivity contribution in [1.29, 1.82) is 0 Å². The number of hydrazine groups is 1. The zero-order valence-corrected chi connectivity index (χ0v) is 17.5. The molecule has 1 aliphatic rings. The minimum absolute atomic E-state index is 0.112. The van der Waals surface area contributed by atoms with Gasteiger partial charge in [0.1, 0.15) is 5.75 Å². The summed E-state index contributed by atoms with van der Waals surface area (Å²) >= 11 is 6.28. The molecule has 0 aliphatic carbocycles. The third kappa shape index (κ3) is 5.25. The van der Waals surface area contributed by atoms with Gasteiger partial charge in [0, 0.05) is 5.56 Å². The van der Waals surface area contributed by atoms with Gasteiger partial charge in [0.2, 0.25) is 5.91 Å². The molecule has 1 heterocycles. The topological polar surface area (TPSA) is 95.9 Å². The van der Waals surface area contributed by atoms with Crippen molar-refractivity contribution < 1.29 is 24.2 Å². The molecule has 0 radical (unpaired) electrons. The summed E-state index contributed by atoms with van der Waals surface area (Å²) in [6, 6.07) is 15.9. The third-order valence-electron chi connectivity index (χ3n) is 4.09. The number of para-hydroxylation sites is 1. The molecule has 1 fully saturated rings. The molecule has 0 saturated carbocycles. The van der Waals surface area contributed by atoms with Crippen molar-refractivity contribution in [2.24, 2.45) is 0 Å². The quantitative estimate of drug-likeness (QED) is 0.503. The first-order valence-corrected chi connectivity index (χ1v) is 10.2. The molecular weight excluding hydrogens is 424 g/mol. The number of nitrogens with one attached hydrogen (secondary N) is 1. The van der Waals surface area contributed by atoms with Crippen LogP contribution in [0, 0.1) is 0 Å². The lowest BCUT2D eigenvalue weighted by molar-refractivity contribution is -0.144. The Kier molecular flexibility index (Phi) is 6.86. The Morgan fingerprint density at radius 2 is 1.87 bits per heavy atom. The fraction of sp³-hybridized carbons (Fsp3) is 0.143. The third-order valence-corrected chi connectivity index (χ3v) is 5.40. The van der Waals surface area contributed by atoms with Crippen LogP contribution in [0.5, 0.6) is 5.75 Å². The lowest BCUT2D eigenvalue weighted by Gasteiger charge is -2.15. The predicted molar refractivity (Wildman–Crippen MR) is 117 cm³/mol. The Bertz CT molecular complexity index is 1020. The number of amides is 2. The highest BCUT2D eigenvalue weighted by Gasteiger charge is 2.33. The maximum absolute atomic E-state index is 12.7. The van der Waals surface area contributed by atoms with Gasteiger partial charge in [-0.3, -0.25) is 15.0 Å². The molecule has 1 atom stereocenters. The first-order valence-electron chi connectivity index (χ1n) is 8.95. The summed E-state index contributed by atoms with van der Waals surface area (Å²) in [5, 5.41) is 10.1. The molecule has 1 unspecified atom stereocenters. The van der Waals surface area contributed by atoms with E-state index in [0.29, 0.717) is 16.2 Å². The summed E-state index contributed by atoms with van der Waals surface area (Å²) in [6.07, 6.45) is 0.624. The van der Waals surface area contributed by atoms with Crippen LogP contribution in [0.2, 0.25) is 0 Å². The van der Waals surface area contributed by atoms with Crippen LogP contribution in [0.15, 0.2) is 59.5 Å². The van der Waals surface area contributed by atoms with Gasteiger partial charge in [0.25, 0.3) is 5.91 Å². The highest BCUT2D eigenvalue weighted by Crippen LogP contribution is 2.33. The number of carbonyl (C=O) groups excluding carboxylic acids is 2. The zero-order valence-electron chi connectivity index (χ0n) is 15.9. The number of nitrogens with zero attached hydrogens (tertiary/aromatic N) is 1. The van der Waals surface area contributed by atoms with Gasteiger partial charge in [-0.25, -0.2) is 4.79 Å². The molecule has 1 saturated heterocycles. The smallest absolute Gasteiger partial charge is 0.344 e. The van der Waals surface area contributed by atoms with Crippen LogP contribution in [-0.2, 0) is 20.8 Å². The molecule has 154 valence electrons. The van der Waals surface area contributed by atoms with E-state index < -0.39 is 18.0 Å². The van der Waals surface area contributed by atoms with Crippen molar-refractivity contribution in [1.82, 2.24) is 10.4 Å². The van der Waals surface area contributed by atoms with Gasteiger partial charge in [-0.1, -0.05) is 60.3 Å². The van der Waals surface area contributed by atoms with Gasteiger partial charge in [0.05, 0.1) is 11.3 Å². The first-order chi connectivity index (χ1) is 14.3. The predicted octanol–water partition coefficient (Wildman–Crippen LogP) is 3.01. The van der Waals surface area contributed by atoms with Gasteiger partial charge in [-0.05, 0) is 36.8 Å². The molecule has 0 bridgehead atoms. The monoisotopic (exact) mass is 442 g/mol. The molecular formula is C21H18N2O5S2. The van der Waals surface area contributed by atoms with Crippen LogP contribution in [-0.4, -0.2) is 38.3 Å². The number of hydrogen-bond donors (Lipinski definition) is 2.